The maximum atomic E-state index is 13.2. The maximum absolute atomic E-state index is 13.2. The summed E-state index contributed by atoms with van der Waals surface area (Å²) in [7, 11) is 0. The van der Waals surface area contributed by atoms with Crippen molar-refractivity contribution in [2.45, 2.75) is 145 Å². The summed E-state index contributed by atoms with van der Waals surface area (Å²) in [6, 6.07) is 0. The Balaban J connectivity index is 5.88. The van der Waals surface area contributed by atoms with Crippen LogP contribution < -0.4 is 0 Å². The standard InChI is InChI=1S/C4H2Cl2O4.6C4H9.2Sn/c5-1(3(7)8)2(6)4(9)10;6*1-3-4-2;;/h(H,7,8)(H,9,10);6*1,3-4H2,2H3;;/q;;;;;;;2*+1/p-2/b2-1-;;;;;;;;. The monoisotopic (exact) mass is 764 g/mol. The van der Waals surface area contributed by atoms with E-state index in [0.717, 1.165) is 104 Å². The molecule has 0 atom stereocenters. The summed E-state index contributed by atoms with van der Waals surface area (Å²) in [5.41, 5.74) is 0. The van der Waals surface area contributed by atoms with E-state index < -0.39 is 49.5 Å². The Morgan fingerprint density at radius 3 is 0.833 bits per heavy atom. The number of carbonyl (C=O) groups is 2. The van der Waals surface area contributed by atoms with Crippen LogP contribution in [0.1, 0.15) is 119 Å². The van der Waals surface area contributed by atoms with E-state index in [9.17, 15) is 9.59 Å². The first-order chi connectivity index (χ1) is 17.2. The number of carbonyl (C=O) groups excluding carboxylic acids is 2. The third-order valence-electron chi connectivity index (χ3n) is 7.09. The number of unbranched alkanes of at least 4 members (excludes halogenated alkanes) is 6. The van der Waals surface area contributed by atoms with E-state index in [1.807, 2.05) is 0 Å². The van der Waals surface area contributed by atoms with Gasteiger partial charge in [-0.25, -0.2) is 0 Å². The van der Waals surface area contributed by atoms with E-state index in [-0.39, 0.29) is 10.1 Å². The van der Waals surface area contributed by atoms with Crippen LogP contribution in [0, 0.1) is 0 Å². The zero-order valence-corrected chi connectivity index (χ0v) is 31.3. The number of hydrogen-bond acceptors (Lipinski definition) is 4. The van der Waals surface area contributed by atoms with Gasteiger partial charge in [-0.05, 0) is 0 Å². The van der Waals surface area contributed by atoms with E-state index in [1.54, 1.807) is 0 Å². The van der Waals surface area contributed by atoms with Crippen molar-refractivity contribution in [2.75, 3.05) is 0 Å². The van der Waals surface area contributed by atoms with Gasteiger partial charge < -0.3 is 0 Å². The summed E-state index contributed by atoms with van der Waals surface area (Å²) < 4.78 is 18.7. The molecular formula is C28H54Cl2O4Sn2. The van der Waals surface area contributed by atoms with Crippen molar-refractivity contribution in [2.24, 2.45) is 0 Å². The molecule has 0 aromatic rings. The molecule has 0 radical (unpaired) electrons. The Kier molecular flexibility index (Phi) is 22.2. The minimum atomic E-state index is -3.24. The van der Waals surface area contributed by atoms with Gasteiger partial charge >= 0.3 is 244 Å². The summed E-state index contributed by atoms with van der Waals surface area (Å²) in [5.74, 6) is -1.21. The van der Waals surface area contributed by atoms with Crippen LogP contribution in [0.5, 0.6) is 0 Å². The zero-order valence-electron chi connectivity index (χ0n) is 24.1. The molecule has 0 bridgehead atoms. The van der Waals surface area contributed by atoms with Crippen molar-refractivity contribution in [3.05, 3.63) is 10.1 Å². The average molecular weight is 763 g/mol. The Morgan fingerprint density at radius 1 is 0.472 bits per heavy atom. The van der Waals surface area contributed by atoms with Gasteiger partial charge in [0.1, 0.15) is 0 Å². The van der Waals surface area contributed by atoms with Crippen LogP contribution in [0.4, 0.5) is 0 Å². The van der Waals surface area contributed by atoms with Crippen molar-refractivity contribution in [3.8, 4) is 0 Å². The molecule has 8 heteroatoms. The van der Waals surface area contributed by atoms with E-state index in [0.29, 0.717) is 0 Å². The second-order valence-corrected chi connectivity index (χ2v) is 34.4. The van der Waals surface area contributed by atoms with E-state index in [1.165, 1.54) is 0 Å². The number of halogens is 2. The van der Waals surface area contributed by atoms with Gasteiger partial charge in [0.05, 0.1) is 0 Å². The van der Waals surface area contributed by atoms with Crippen molar-refractivity contribution >= 4 is 72.7 Å². The minimum absolute atomic E-state index is 0.283. The predicted octanol–water partition coefficient (Wildman–Crippen LogP) is 10.5. The molecule has 0 fully saturated rings. The van der Waals surface area contributed by atoms with Crippen LogP contribution in [0.15, 0.2) is 10.1 Å². The van der Waals surface area contributed by atoms with Gasteiger partial charge in [-0.2, -0.15) is 0 Å². The molecule has 0 aromatic heterocycles. The molecule has 0 aromatic carbocycles. The van der Waals surface area contributed by atoms with Gasteiger partial charge in [0.15, 0.2) is 0 Å². The quantitative estimate of drug-likeness (QED) is 0.0814. The fraction of sp³-hybridized carbons (Fsp3) is 0.857. The van der Waals surface area contributed by atoms with Crippen LogP contribution in [-0.2, 0) is 15.7 Å². The average Bonchev–Trinajstić information content (AvgIpc) is 2.89. The van der Waals surface area contributed by atoms with Gasteiger partial charge in [0, 0.05) is 0 Å². The normalized spacial score (nSPS) is 12.9. The van der Waals surface area contributed by atoms with Crippen molar-refractivity contribution in [3.63, 3.8) is 0 Å². The Hall–Kier alpha value is 0.857. The van der Waals surface area contributed by atoms with Crippen molar-refractivity contribution in [1.82, 2.24) is 0 Å². The first-order valence-corrected chi connectivity index (χ1v) is 29.9. The van der Waals surface area contributed by atoms with Crippen molar-refractivity contribution in [1.29, 1.82) is 0 Å². The third-order valence-corrected chi connectivity index (χ3v) is 33.1. The molecule has 0 aliphatic rings. The predicted molar refractivity (Wildman–Crippen MR) is 161 cm³/mol. The summed E-state index contributed by atoms with van der Waals surface area (Å²) in [4.78, 5) is 26.5. The Bertz CT molecular complexity index is 558. The zero-order chi connectivity index (χ0) is 27.5. The summed E-state index contributed by atoms with van der Waals surface area (Å²) in [6.07, 6.45) is 12.9. The molecule has 0 rings (SSSR count). The molecule has 0 spiro atoms. The second-order valence-electron chi connectivity index (χ2n) is 10.4. The van der Waals surface area contributed by atoms with Crippen LogP contribution in [0.25, 0.3) is 0 Å². The first-order valence-electron chi connectivity index (χ1n) is 14.7. The van der Waals surface area contributed by atoms with Gasteiger partial charge in [0.25, 0.3) is 0 Å². The van der Waals surface area contributed by atoms with Crippen molar-refractivity contribution < 1.29 is 15.7 Å². The molecule has 4 nitrogen and oxygen atoms in total. The van der Waals surface area contributed by atoms with Crippen LogP contribution in [0.3, 0.4) is 0 Å². The fourth-order valence-electron chi connectivity index (χ4n) is 4.71. The molecule has 0 saturated heterocycles. The van der Waals surface area contributed by atoms with Gasteiger partial charge in [-0.15, -0.1) is 0 Å². The number of rotatable bonds is 22. The van der Waals surface area contributed by atoms with Gasteiger partial charge in [-0.1, -0.05) is 0 Å². The second kappa shape index (κ2) is 21.7. The SMILES string of the molecule is CCC[CH2][Sn]([CH2]CCC)([CH2]CCC)[O]C(=O)/C(Cl)=C(/Cl)C(=O)[O][Sn]([CH2]CCC)([CH2]CCC)[CH2]CCC. The Labute approximate surface area is 241 Å². The molecule has 0 heterocycles. The third kappa shape index (κ3) is 14.3. The van der Waals surface area contributed by atoms with E-state index >= 15 is 0 Å². The molecule has 36 heavy (non-hydrogen) atoms. The van der Waals surface area contributed by atoms with Crippen LogP contribution in [0.2, 0.25) is 26.6 Å². The summed E-state index contributed by atoms with van der Waals surface area (Å²) in [5, 5.41) is -0.567. The fourth-order valence-corrected chi connectivity index (χ4v) is 31.3. The molecule has 0 unspecified atom stereocenters. The van der Waals surface area contributed by atoms with Gasteiger partial charge in [0.2, 0.25) is 0 Å². The number of hydrogen-bond donors (Lipinski definition) is 0. The molecule has 0 amide bonds. The topological polar surface area (TPSA) is 52.6 Å². The molecule has 212 valence electrons. The van der Waals surface area contributed by atoms with Crippen LogP contribution >= 0.6 is 23.2 Å². The van der Waals surface area contributed by atoms with E-state index in [2.05, 4.69) is 41.5 Å². The Morgan fingerprint density at radius 2 is 0.667 bits per heavy atom. The first kappa shape index (κ1) is 36.9. The van der Waals surface area contributed by atoms with Gasteiger partial charge in [-0.3, -0.25) is 0 Å². The van der Waals surface area contributed by atoms with E-state index in [4.69, 9.17) is 29.4 Å². The molecule has 0 aliphatic carbocycles. The molecule has 0 aliphatic heterocycles. The summed E-state index contributed by atoms with van der Waals surface area (Å²) >= 11 is 6.44. The summed E-state index contributed by atoms with van der Waals surface area (Å²) in [6.45, 7) is 13.0. The van der Waals surface area contributed by atoms with Crippen LogP contribution in [-0.4, -0.2) is 49.5 Å². The molecular weight excluding hydrogens is 709 g/mol. The molecule has 0 saturated carbocycles. The molecule has 0 N–H and O–H groups in total.